The molecule has 3 fully saturated rings. The molecule has 1 aliphatic carbocycles. The van der Waals surface area contributed by atoms with Crippen LogP contribution >= 0.6 is 15.9 Å². The molecule has 4 rings (SSSR count). The maximum atomic E-state index is 15.6. The Morgan fingerprint density at radius 3 is 2.59 bits per heavy atom. The van der Waals surface area contributed by atoms with E-state index in [0.29, 0.717) is 23.5 Å². The highest BCUT2D eigenvalue weighted by Gasteiger charge is 2.54. The van der Waals surface area contributed by atoms with Gasteiger partial charge in [0.1, 0.15) is 22.2 Å². The molecule has 2 aliphatic heterocycles. The number of hydrogen-bond donors (Lipinski definition) is 0. The van der Waals surface area contributed by atoms with E-state index < -0.39 is 23.9 Å². The SMILES string of the molecule is CC(C)(C)OC(=O)N1[C@@H]2CC[C@H]1[C@H](F)C(N(c1cnc(Br)cn1)C1CC1)C2. The van der Waals surface area contributed by atoms with Crippen LogP contribution in [-0.4, -0.2) is 56.9 Å². The van der Waals surface area contributed by atoms with Gasteiger partial charge in [0.2, 0.25) is 0 Å². The molecule has 2 saturated heterocycles. The molecule has 3 aliphatic rings. The number of hydrogen-bond acceptors (Lipinski definition) is 5. The van der Waals surface area contributed by atoms with Crippen molar-refractivity contribution >= 4 is 27.8 Å². The highest BCUT2D eigenvalue weighted by atomic mass is 79.9. The molecule has 1 unspecified atom stereocenters. The molecule has 0 spiro atoms. The van der Waals surface area contributed by atoms with Gasteiger partial charge in [-0.15, -0.1) is 0 Å². The minimum atomic E-state index is -1.12. The second kappa shape index (κ2) is 6.87. The summed E-state index contributed by atoms with van der Waals surface area (Å²) in [4.78, 5) is 25.2. The first-order chi connectivity index (χ1) is 12.7. The van der Waals surface area contributed by atoms with Gasteiger partial charge in [0, 0.05) is 12.1 Å². The molecule has 1 saturated carbocycles. The summed E-state index contributed by atoms with van der Waals surface area (Å²) in [5.74, 6) is 0.721. The molecule has 1 aromatic rings. The maximum Gasteiger partial charge on any atom is 0.410 e. The summed E-state index contributed by atoms with van der Waals surface area (Å²) in [6, 6.07) is -0.361. The minimum absolute atomic E-state index is 0.0199. The fourth-order valence-corrected chi connectivity index (χ4v) is 4.61. The molecule has 27 heavy (non-hydrogen) atoms. The van der Waals surface area contributed by atoms with Crippen molar-refractivity contribution in [2.45, 2.75) is 88.8 Å². The van der Waals surface area contributed by atoms with Crippen molar-refractivity contribution in [3.8, 4) is 0 Å². The summed E-state index contributed by atoms with van der Waals surface area (Å²) in [6.07, 6.45) is 6.06. The number of carbonyl (C=O) groups is 1. The van der Waals surface area contributed by atoms with Crippen LogP contribution in [0.3, 0.4) is 0 Å². The molecule has 0 aromatic carbocycles. The third-order valence-electron chi connectivity index (χ3n) is 5.57. The van der Waals surface area contributed by atoms with Crippen LogP contribution in [0.1, 0.15) is 52.9 Å². The number of piperidine rings is 1. The predicted octanol–water partition coefficient (Wildman–Crippen LogP) is 4.09. The number of nitrogens with zero attached hydrogens (tertiary/aromatic N) is 4. The topological polar surface area (TPSA) is 58.6 Å². The lowest BCUT2D eigenvalue weighted by Gasteiger charge is -2.45. The Balaban J connectivity index is 1.56. The predicted molar refractivity (Wildman–Crippen MR) is 103 cm³/mol. The van der Waals surface area contributed by atoms with Crippen molar-refractivity contribution in [1.82, 2.24) is 14.9 Å². The van der Waals surface area contributed by atoms with Crippen LogP contribution < -0.4 is 4.90 Å². The van der Waals surface area contributed by atoms with Gasteiger partial charge in [-0.1, -0.05) is 0 Å². The average Bonchev–Trinajstić information content (AvgIpc) is 3.34. The van der Waals surface area contributed by atoms with E-state index in [4.69, 9.17) is 4.74 Å². The number of rotatable bonds is 3. The van der Waals surface area contributed by atoms with Gasteiger partial charge in [-0.25, -0.2) is 19.2 Å². The third kappa shape index (κ3) is 3.77. The van der Waals surface area contributed by atoms with E-state index >= 15 is 4.39 Å². The lowest BCUT2D eigenvalue weighted by atomic mass is 9.94. The number of ether oxygens (including phenoxy) is 1. The van der Waals surface area contributed by atoms with Crippen LogP contribution in [0.4, 0.5) is 15.0 Å². The second-order valence-corrected chi connectivity index (χ2v) is 9.58. The Bertz CT molecular complexity index is 707. The molecule has 0 N–H and O–H groups in total. The van der Waals surface area contributed by atoms with E-state index in [1.165, 1.54) is 0 Å². The van der Waals surface area contributed by atoms with Crippen molar-refractivity contribution in [2.75, 3.05) is 4.90 Å². The maximum absolute atomic E-state index is 15.6. The molecule has 2 bridgehead atoms. The number of fused-ring (bicyclic) bond motifs is 2. The minimum Gasteiger partial charge on any atom is -0.444 e. The van der Waals surface area contributed by atoms with Gasteiger partial charge in [0.05, 0.1) is 24.5 Å². The zero-order valence-corrected chi connectivity index (χ0v) is 17.5. The summed E-state index contributed by atoms with van der Waals surface area (Å²) >= 11 is 3.31. The largest absolute Gasteiger partial charge is 0.444 e. The standard InChI is InChI=1S/C19H26BrFN4O2/c1-19(2,3)27-18(26)25-12-6-7-13(25)17(21)14(8-12)24(11-4-5-11)16-10-22-15(20)9-23-16/h9-14,17H,4-8H2,1-3H3/t12-,13+,14?,17+/m1/s1. The highest BCUT2D eigenvalue weighted by Crippen LogP contribution is 2.44. The van der Waals surface area contributed by atoms with E-state index in [2.05, 4.69) is 30.8 Å². The Morgan fingerprint density at radius 2 is 2.00 bits per heavy atom. The van der Waals surface area contributed by atoms with Gasteiger partial charge < -0.3 is 9.64 Å². The molecule has 148 valence electrons. The number of aromatic nitrogens is 2. The van der Waals surface area contributed by atoms with Crippen LogP contribution in [0.15, 0.2) is 17.0 Å². The van der Waals surface area contributed by atoms with Crippen LogP contribution in [0, 0.1) is 0 Å². The van der Waals surface area contributed by atoms with Gasteiger partial charge in [0.15, 0.2) is 0 Å². The second-order valence-electron chi connectivity index (χ2n) is 8.77. The number of amides is 1. The summed E-state index contributed by atoms with van der Waals surface area (Å²) in [6.45, 7) is 5.52. The van der Waals surface area contributed by atoms with Crippen LogP contribution in [-0.2, 0) is 4.74 Å². The van der Waals surface area contributed by atoms with Gasteiger partial charge >= 0.3 is 6.09 Å². The Morgan fingerprint density at radius 1 is 1.26 bits per heavy atom. The van der Waals surface area contributed by atoms with Crippen molar-refractivity contribution in [1.29, 1.82) is 0 Å². The van der Waals surface area contributed by atoms with Crippen LogP contribution in [0.25, 0.3) is 0 Å². The smallest absolute Gasteiger partial charge is 0.410 e. The van der Waals surface area contributed by atoms with Crippen molar-refractivity contribution in [2.24, 2.45) is 0 Å². The van der Waals surface area contributed by atoms with E-state index in [9.17, 15) is 4.79 Å². The molecular weight excluding hydrogens is 415 g/mol. The Labute approximate surface area is 167 Å². The monoisotopic (exact) mass is 440 g/mol. The Hall–Kier alpha value is -1.44. The number of anilines is 1. The fraction of sp³-hybridized carbons (Fsp3) is 0.737. The van der Waals surface area contributed by atoms with Gasteiger partial charge in [-0.3, -0.25) is 4.90 Å². The first-order valence-corrected chi connectivity index (χ1v) is 10.4. The molecule has 1 aromatic heterocycles. The van der Waals surface area contributed by atoms with Crippen LogP contribution in [0.5, 0.6) is 0 Å². The normalized spacial score (nSPS) is 30.3. The van der Waals surface area contributed by atoms with E-state index in [1.807, 2.05) is 20.8 Å². The summed E-state index contributed by atoms with van der Waals surface area (Å²) in [7, 11) is 0. The molecule has 3 heterocycles. The van der Waals surface area contributed by atoms with E-state index in [-0.39, 0.29) is 12.1 Å². The summed E-state index contributed by atoms with van der Waals surface area (Å²) < 4.78 is 21.8. The third-order valence-corrected chi connectivity index (χ3v) is 5.98. The Kier molecular flexibility index (Phi) is 4.81. The zero-order chi connectivity index (χ0) is 19.3. The zero-order valence-electron chi connectivity index (χ0n) is 15.9. The number of halogens is 2. The molecule has 0 radical (unpaired) electrons. The van der Waals surface area contributed by atoms with Crippen molar-refractivity contribution in [3.63, 3.8) is 0 Å². The van der Waals surface area contributed by atoms with E-state index in [0.717, 1.165) is 25.1 Å². The first kappa shape index (κ1) is 18.9. The lowest BCUT2D eigenvalue weighted by molar-refractivity contribution is -0.0108. The van der Waals surface area contributed by atoms with Crippen molar-refractivity contribution in [3.05, 3.63) is 17.0 Å². The average molecular weight is 441 g/mol. The number of carbonyl (C=O) groups excluding carboxylic acids is 1. The molecule has 4 atom stereocenters. The van der Waals surface area contributed by atoms with Gasteiger partial charge in [-0.2, -0.15) is 0 Å². The quantitative estimate of drug-likeness (QED) is 0.708. The molecule has 1 amide bonds. The number of alkyl halides is 1. The molecule has 6 nitrogen and oxygen atoms in total. The van der Waals surface area contributed by atoms with Crippen LogP contribution in [0.2, 0.25) is 0 Å². The molecular formula is C19H26BrFN4O2. The van der Waals surface area contributed by atoms with Crippen molar-refractivity contribution < 1.29 is 13.9 Å². The van der Waals surface area contributed by atoms with Gasteiger partial charge in [-0.05, 0) is 68.8 Å². The fourth-order valence-electron chi connectivity index (χ4n) is 4.41. The highest BCUT2D eigenvalue weighted by molar-refractivity contribution is 9.10. The van der Waals surface area contributed by atoms with Gasteiger partial charge in [0.25, 0.3) is 0 Å². The lowest BCUT2D eigenvalue weighted by Crippen LogP contribution is -2.60. The summed E-state index contributed by atoms with van der Waals surface area (Å²) in [5.41, 5.74) is -0.577. The van der Waals surface area contributed by atoms with E-state index in [1.54, 1.807) is 17.3 Å². The summed E-state index contributed by atoms with van der Waals surface area (Å²) in [5, 5.41) is 0. The molecule has 8 heteroatoms. The first-order valence-electron chi connectivity index (χ1n) is 9.66.